The average molecular weight is 467 g/mol. The Labute approximate surface area is 200 Å². The Bertz CT molecular complexity index is 1020. The summed E-state index contributed by atoms with van der Waals surface area (Å²) in [7, 11) is 0. The molecule has 2 amide bonds. The molecule has 2 saturated heterocycles. The second-order valence-electron chi connectivity index (χ2n) is 9.66. The van der Waals surface area contributed by atoms with Crippen LogP contribution in [-0.4, -0.2) is 78.5 Å². The summed E-state index contributed by atoms with van der Waals surface area (Å²) in [5, 5.41) is 5.71. The van der Waals surface area contributed by atoms with E-state index in [4.69, 9.17) is 19.4 Å². The highest BCUT2D eigenvalue weighted by molar-refractivity contribution is 5.89. The molecule has 34 heavy (non-hydrogen) atoms. The summed E-state index contributed by atoms with van der Waals surface area (Å²) in [5.74, 6) is 1.76. The van der Waals surface area contributed by atoms with Crippen molar-refractivity contribution in [3.8, 4) is 11.4 Å². The quantitative estimate of drug-likeness (QED) is 0.700. The van der Waals surface area contributed by atoms with E-state index in [9.17, 15) is 4.79 Å². The van der Waals surface area contributed by atoms with Crippen LogP contribution in [0.4, 0.5) is 16.3 Å². The number of anilines is 2. The number of amides is 2. The third kappa shape index (κ3) is 4.87. The first-order valence-electron chi connectivity index (χ1n) is 12.2. The lowest BCUT2D eigenvalue weighted by Crippen LogP contribution is -2.51. The highest BCUT2D eigenvalue weighted by Gasteiger charge is 2.33. The summed E-state index contributed by atoms with van der Waals surface area (Å²) in [4.78, 5) is 27.0. The van der Waals surface area contributed by atoms with Gasteiger partial charge in [-0.25, -0.2) is 14.8 Å². The first-order valence-corrected chi connectivity index (χ1v) is 12.2. The Balaban J connectivity index is 1.44. The van der Waals surface area contributed by atoms with Crippen LogP contribution >= 0.6 is 0 Å². The maximum Gasteiger partial charge on any atom is 0.319 e. The molecule has 3 aliphatic rings. The Morgan fingerprint density at radius 2 is 1.88 bits per heavy atom. The second kappa shape index (κ2) is 9.85. The van der Waals surface area contributed by atoms with Gasteiger partial charge in [0, 0.05) is 42.5 Å². The van der Waals surface area contributed by atoms with Crippen molar-refractivity contribution in [2.75, 3.05) is 49.7 Å². The van der Waals surface area contributed by atoms with Crippen LogP contribution in [0.25, 0.3) is 11.4 Å². The van der Waals surface area contributed by atoms with Crippen LogP contribution in [0.1, 0.15) is 32.0 Å². The molecule has 2 N–H and O–H groups in total. The number of carbonyl (C=O) groups excluding carboxylic acids is 1. The molecule has 3 aliphatic heterocycles. The molecule has 0 spiro atoms. The van der Waals surface area contributed by atoms with E-state index in [0.717, 1.165) is 67.9 Å². The summed E-state index contributed by atoms with van der Waals surface area (Å²) in [6.45, 7) is 11.7. The molecule has 0 radical (unpaired) electrons. The van der Waals surface area contributed by atoms with E-state index >= 15 is 0 Å². The fourth-order valence-electron chi connectivity index (χ4n) is 4.72. The van der Waals surface area contributed by atoms with Crippen LogP contribution < -0.4 is 15.5 Å². The third-order valence-corrected chi connectivity index (χ3v) is 6.67. The van der Waals surface area contributed by atoms with E-state index in [1.165, 1.54) is 5.56 Å². The van der Waals surface area contributed by atoms with Crippen molar-refractivity contribution in [1.29, 1.82) is 0 Å². The van der Waals surface area contributed by atoms with Gasteiger partial charge in [-0.2, -0.15) is 0 Å². The van der Waals surface area contributed by atoms with E-state index in [1.54, 1.807) is 0 Å². The number of hydrogen-bond donors (Lipinski definition) is 2. The number of carbonyl (C=O) groups is 1. The number of aromatic nitrogens is 2. The molecule has 0 bridgehead atoms. The maximum absolute atomic E-state index is 12.0. The first-order chi connectivity index (χ1) is 16.5. The fraction of sp³-hybridized carbons (Fsp3) is 0.560. The van der Waals surface area contributed by atoms with Gasteiger partial charge in [0.15, 0.2) is 5.82 Å². The molecule has 2 aromatic rings. The van der Waals surface area contributed by atoms with E-state index in [2.05, 4.69) is 27.4 Å². The van der Waals surface area contributed by atoms with E-state index < -0.39 is 0 Å². The zero-order valence-corrected chi connectivity index (χ0v) is 20.2. The topological polar surface area (TPSA) is 91.9 Å². The van der Waals surface area contributed by atoms with Crippen LogP contribution in [0.5, 0.6) is 0 Å². The number of urea groups is 1. The number of nitrogens with zero attached hydrogens (tertiary/aromatic N) is 4. The molecule has 9 nitrogen and oxygen atoms in total. The minimum absolute atomic E-state index is 0.0789. The number of nitrogens with one attached hydrogen (secondary N) is 2. The summed E-state index contributed by atoms with van der Waals surface area (Å²) in [6, 6.07) is 8.36. The van der Waals surface area contributed by atoms with Gasteiger partial charge < -0.3 is 25.0 Å². The molecule has 182 valence electrons. The van der Waals surface area contributed by atoms with Crippen molar-refractivity contribution >= 4 is 17.5 Å². The molecule has 5 rings (SSSR count). The van der Waals surface area contributed by atoms with Gasteiger partial charge >= 0.3 is 6.03 Å². The molecular formula is C25H34N6O3. The van der Waals surface area contributed by atoms with Gasteiger partial charge in [0.1, 0.15) is 5.82 Å². The molecule has 4 heterocycles. The molecule has 2 fully saturated rings. The van der Waals surface area contributed by atoms with Gasteiger partial charge in [-0.15, -0.1) is 0 Å². The monoisotopic (exact) mass is 466 g/mol. The molecule has 1 atom stereocenters. The Morgan fingerprint density at radius 1 is 1.09 bits per heavy atom. The van der Waals surface area contributed by atoms with Gasteiger partial charge in [0.05, 0.1) is 44.2 Å². The van der Waals surface area contributed by atoms with Crippen molar-refractivity contribution in [3.63, 3.8) is 0 Å². The normalized spacial score (nSPS) is 21.2. The van der Waals surface area contributed by atoms with Crippen LogP contribution in [0.2, 0.25) is 0 Å². The van der Waals surface area contributed by atoms with Gasteiger partial charge in [-0.05, 0) is 51.5 Å². The third-order valence-electron chi connectivity index (χ3n) is 6.67. The zero-order chi connectivity index (χ0) is 23.7. The van der Waals surface area contributed by atoms with Crippen LogP contribution in [0, 0.1) is 0 Å². The van der Waals surface area contributed by atoms with Crippen LogP contribution in [-0.2, 0) is 22.4 Å². The van der Waals surface area contributed by atoms with Crippen LogP contribution in [0.3, 0.4) is 0 Å². The summed E-state index contributed by atoms with van der Waals surface area (Å²) in [6.07, 6.45) is 0.944. The van der Waals surface area contributed by atoms with Crippen molar-refractivity contribution in [2.24, 2.45) is 0 Å². The number of fused-ring (bicyclic) bond motifs is 1. The van der Waals surface area contributed by atoms with Gasteiger partial charge in [0.25, 0.3) is 0 Å². The van der Waals surface area contributed by atoms with E-state index in [-0.39, 0.29) is 18.1 Å². The minimum Gasteiger partial charge on any atom is -0.378 e. The molecule has 1 aromatic carbocycles. The van der Waals surface area contributed by atoms with Crippen molar-refractivity contribution in [3.05, 3.63) is 35.5 Å². The van der Waals surface area contributed by atoms with Crippen molar-refractivity contribution in [1.82, 2.24) is 20.2 Å². The lowest BCUT2D eigenvalue weighted by Gasteiger charge is -2.41. The number of hydrogen-bond acceptors (Lipinski definition) is 7. The molecular weight excluding hydrogens is 432 g/mol. The van der Waals surface area contributed by atoms with E-state index in [1.807, 2.05) is 38.1 Å². The second-order valence-corrected chi connectivity index (χ2v) is 9.66. The summed E-state index contributed by atoms with van der Waals surface area (Å²) in [5.41, 5.74) is 4.04. The van der Waals surface area contributed by atoms with Crippen molar-refractivity contribution in [2.45, 2.75) is 51.9 Å². The Hall–Kier alpha value is -2.75. The molecule has 1 unspecified atom stereocenters. The molecule has 0 saturated carbocycles. The van der Waals surface area contributed by atoms with Gasteiger partial charge in [-0.1, -0.05) is 0 Å². The smallest absolute Gasteiger partial charge is 0.319 e. The highest BCUT2D eigenvalue weighted by atomic mass is 16.5. The first kappa shape index (κ1) is 23.0. The summed E-state index contributed by atoms with van der Waals surface area (Å²) >= 11 is 0. The Kier molecular flexibility index (Phi) is 6.67. The van der Waals surface area contributed by atoms with Crippen LogP contribution in [0.15, 0.2) is 24.3 Å². The summed E-state index contributed by atoms with van der Waals surface area (Å²) < 4.78 is 11.1. The number of rotatable bonds is 5. The lowest BCUT2D eigenvalue weighted by atomic mass is 10.0. The average Bonchev–Trinajstić information content (AvgIpc) is 2.77. The maximum atomic E-state index is 12.0. The molecule has 0 aliphatic carbocycles. The number of ether oxygens (including phenoxy) is 2. The van der Waals surface area contributed by atoms with Gasteiger partial charge in [0.2, 0.25) is 0 Å². The predicted octanol–water partition coefficient (Wildman–Crippen LogP) is 2.66. The minimum atomic E-state index is -0.212. The molecule has 9 heteroatoms. The van der Waals surface area contributed by atoms with Crippen molar-refractivity contribution < 1.29 is 14.3 Å². The molecule has 1 aromatic heterocycles. The van der Waals surface area contributed by atoms with Gasteiger partial charge in [-0.3, -0.25) is 4.90 Å². The predicted molar refractivity (Wildman–Crippen MR) is 131 cm³/mol. The zero-order valence-electron chi connectivity index (χ0n) is 20.2. The van der Waals surface area contributed by atoms with E-state index in [0.29, 0.717) is 19.3 Å². The number of benzene rings is 1. The fourth-order valence-corrected chi connectivity index (χ4v) is 4.72. The SMILES string of the molecule is CC(C)NC(=O)Nc1ccc(-c2nc3c(c(N4CCOCC4C)n2)CCN(C2COC2)C3)cc1. The lowest BCUT2D eigenvalue weighted by molar-refractivity contribution is -0.0699. The number of morpholine rings is 1. The highest BCUT2D eigenvalue weighted by Crippen LogP contribution is 2.32. The largest absolute Gasteiger partial charge is 0.378 e. The Morgan fingerprint density at radius 3 is 2.56 bits per heavy atom. The standard InChI is InChI=1S/C25H34N6O3/c1-16(2)26-25(32)27-19-6-4-18(5-7-19)23-28-22-12-30(20-14-34-15-20)9-8-21(22)24(29-23)31-10-11-33-13-17(31)3/h4-7,16-17,20H,8-15H2,1-3H3,(H2,26,27,32).